The molecule has 0 amide bonds. The summed E-state index contributed by atoms with van der Waals surface area (Å²) in [6, 6.07) is 0. The monoisotopic (exact) mass is 1040 g/mol. The van der Waals surface area contributed by atoms with Gasteiger partial charge in [0.1, 0.15) is 6.61 Å². The molecule has 0 fully saturated rings. The Bertz CT molecular complexity index is 1800. The van der Waals surface area contributed by atoms with Gasteiger partial charge in [0.15, 0.2) is 6.10 Å². The van der Waals surface area contributed by atoms with Crippen molar-refractivity contribution in [2.75, 3.05) is 13.2 Å². The summed E-state index contributed by atoms with van der Waals surface area (Å²) in [5.74, 6) is -0.641. The van der Waals surface area contributed by atoms with E-state index in [1.807, 2.05) is 0 Å². The van der Waals surface area contributed by atoms with Gasteiger partial charge in [0, 0.05) is 12.8 Å². The van der Waals surface area contributed by atoms with E-state index in [1.54, 1.807) is 0 Å². The van der Waals surface area contributed by atoms with Crippen LogP contribution in [0, 0.1) is 0 Å². The minimum Gasteiger partial charge on any atom is -0.462 e. The predicted octanol–water partition coefficient (Wildman–Crippen LogP) is 20.9. The van der Waals surface area contributed by atoms with Gasteiger partial charge in [-0.15, -0.1) is 0 Å². The molecule has 0 aliphatic heterocycles. The lowest BCUT2D eigenvalue weighted by molar-refractivity contribution is -0.161. The normalized spacial score (nSPS) is 13.7. The summed E-state index contributed by atoms with van der Waals surface area (Å²) in [6.07, 6.45) is 103. The molecule has 0 radical (unpaired) electrons. The number of esters is 2. The van der Waals surface area contributed by atoms with Gasteiger partial charge in [0.25, 0.3) is 0 Å². The van der Waals surface area contributed by atoms with Crippen LogP contribution >= 0.6 is 0 Å². The molecule has 0 aliphatic carbocycles. The zero-order valence-electron chi connectivity index (χ0n) is 48.2. The Morgan fingerprint density at radius 3 is 0.789 bits per heavy atom. The molecule has 0 bridgehead atoms. The first-order valence-corrected chi connectivity index (χ1v) is 30.0. The van der Waals surface area contributed by atoms with Gasteiger partial charge < -0.3 is 14.6 Å². The van der Waals surface area contributed by atoms with Gasteiger partial charge in [-0.1, -0.05) is 260 Å². The maximum atomic E-state index is 12.3. The zero-order chi connectivity index (χ0) is 54.8. The summed E-state index contributed by atoms with van der Waals surface area (Å²) in [6.45, 7) is 3.87. The first-order valence-electron chi connectivity index (χ1n) is 30.0. The molecule has 422 valence electrons. The van der Waals surface area contributed by atoms with Gasteiger partial charge in [0.2, 0.25) is 0 Å². The molecule has 0 aromatic rings. The maximum Gasteiger partial charge on any atom is 0.306 e. The summed E-state index contributed by atoms with van der Waals surface area (Å²) in [7, 11) is 0. The number of unbranched alkanes of at least 4 members (excludes halogenated alkanes) is 12. The van der Waals surface area contributed by atoms with Crippen molar-refractivity contribution in [2.45, 2.75) is 225 Å². The number of aliphatic hydroxyl groups is 1. The highest BCUT2D eigenvalue weighted by Crippen LogP contribution is 2.12. The van der Waals surface area contributed by atoms with E-state index in [0.717, 1.165) is 161 Å². The highest BCUT2D eigenvalue weighted by Gasteiger charge is 2.16. The number of hydrogen-bond acceptors (Lipinski definition) is 5. The second kappa shape index (κ2) is 64.0. The second-order valence-corrected chi connectivity index (χ2v) is 19.0. The molecule has 0 spiro atoms. The van der Waals surface area contributed by atoms with Crippen LogP contribution in [0.15, 0.2) is 194 Å². The van der Waals surface area contributed by atoms with Gasteiger partial charge in [-0.3, -0.25) is 9.59 Å². The molecular formula is C71H108O5. The van der Waals surface area contributed by atoms with Gasteiger partial charge in [-0.2, -0.15) is 0 Å². The van der Waals surface area contributed by atoms with E-state index >= 15 is 0 Å². The lowest BCUT2D eigenvalue weighted by Gasteiger charge is -2.15. The molecule has 0 aromatic carbocycles. The van der Waals surface area contributed by atoms with Crippen molar-refractivity contribution in [3.05, 3.63) is 194 Å². The molecule has 0 aliphatic rings. The van der Waals surface area contributed by atoms with Crippen LogP contribution in [0.1, 0.15) is 219 Å². The highest BCUT2D eigenvalue weighted by molar-refractivity contribution is 5.70. The Labute approximate surface area is 467 Å². The molecule has 76 heavy (non-hydrogen) atoms. The molecule has 0 saturated carbocycles. The summed E-state index contributed by atoms with van der Waals surface area (Å²) in [5, 5.41) is 9.67. The Morgan fingerprint density at radius 2 is 0.526 bits per heavy atom. The zero-order valence-corrected chi connectivity index (χ0v) is 48.2. The molecule has 0 saturated heterocycles. The van der Waals surface area contributed by atoms with Crippen LogP contribution in [-0.4, -0.2) is 36.4 Å². The van der Waals surface area contributed by atoms with Crippen molar-refractivity contribution in [1.82, 2.24) is 0 Å². The third-order valence-corrected chi connectivity index (χ3v) is 11.9. The number of rotatable bonds is 52. The van der Waals surface area contributed by atoms with Crippen molar-refractivity contribution in [3.63, 3.8) is 0 Å². The third kappa shape index (κ3) is 61.3. The fourth-order valence-electron chi connectivity index (χ4n) is 7.47. The number of ether oxygens (including phenoxy) is 2. The maximum absolute atomic E-state index is 12.3. The van der Waals surface area contributed by atoms with Crippen molar-refractivity contribution in [1.29, 1.82) is 0 Å². The molecule has 0 aromatic heterocycles. The predicted molar refractivity (Wildman–Crippen MR) is 333 cm³/mol. The molecule has 1 unspecified atom stereocenters. The largest absolute Gasteiger partial charge is 0.462 e. The quantitative estimate of drug-likeness (QED) is 0.0373. The van der Waals surface area contributed by atoms with Gasteiger partial charge in [-0.25, -0.2) is 0 Å². The molecule has 5 nitrogen and oxygen atoms in total. The van der Waals surface area contributed by atoms with Crippen LogP contribution in [0.25, 0.3) is 0 Å². The van der Waals surface area contributed by atoms with Crippen LogP contribution in [0.5, 0.6) is 0 Å². The smallest absolute Gasteiger partial charge is 0.306 e. The van der Waals surface area contributed by atoms with Crippen LogP contribution in [0.2, 0.25) is 0 Å². The van der Waals surface area contributed by atoms with E-state index in [2.05, 4.69) is 208 Å². The Morgan fingerprint density at radius 1 is 0.303 bits per heavy atom. The van der Waals surface area contributed by atoms with Crippen LogP contribution in [0.3, 0.4) is 0 Å². The van der Waals surface area contributed by atoms with Crippen LogP contribution in [-0.2, 0) is 19.1 Å². The second-order valence-electron chi connectivity index (χ2n) is 19.0. The summed E-state index contributed by atoms with van der Waals surface area (Å²) >= 11 is 0. The number of carbonyl (C=O) groups is 2. The van der Waals surface area contributed by atoms with E-state index in [-0.39, 0.29) is 25.2 Å². The Balaban J connectivity index is 3.67. The molecule has 0 heterocycles. The molecular weight excluding hydrogens is 933 g/mol. The average molecular weight is 1040 g/mol. The van der Waals surface area contributed by atoms with Crippen LogP contribution in [0.4, 0.5) is 0 Å². The van der Waals surface area contributed by atoms with E-state index < -0.39 is 6.10 Å². The molecule has 0 rings (SSSR count). The van der Waals surface area contributed by atoms with E-state index in [0.29, 0.717) is 12.8 Å². The fraction of sp³-hybridized carbons (Fsp3) is 0.521. The minimum atomic E-state index is -0.804. The Kier molecular flexibility index (Phi) is 59.6. The summed E-state index contributed by atoms with van der Waals surface area (Å²) in [5.41, 5.74) is 0. The first-order chi connectivity index (χ1) is 37.6. The number of allylic oxidation sites excluding steroid dienone is 32. The topological polar surface area (TPSA) is 72.8 Å². The lowest BCUT2D eigenvalue weighted by atomic mass is 10.1. The average Bonchev–Trinajstić information content (AvgIpc) is 3.42. The van der Waals surface area contributed by atoms with Crippen molar-refractivity contribution >= 4 is 11.9 Å². The third-order valence-electron chi connectivity index (χ3n) is 11.9. The van der Waals surface area contributed by atoms with Gasteiger partial charge in [0.05, 0.1) is 6.61 Å². The highest BCUT2D eigenvalue weighted by atomic mass is 16.6. The summed E-state index contributed by atoms with van der Waals surface area (Å²) < 4.78 is 10.7. The number of carbonyl (C=O) groups excluding carboxylic acids is 2. The van der Waals surface area contributed by atoms with Crippen molar-refractivity contribution in [3.8, 4) is 0 Å². The standard InChI is InChI=1S/C71H108O5/c1-3-5-7-9-11-13-15-17-19-21-23-25-27-29-30-31-32-33-34-35-36-37-38-39-40-42-44-46-48-50-52-54-56-58-60-62-64-66-71(74)76-69(67-72)68-75-70(73)65-63-61-59-57-55-53-51-49-47-45-43-41-28-26-24-22-20-18-16-14-12-10-8-6-4-2/h5-8,11-14,17-20,23-26,29-30,32-33,35-36,38-39,41-44,47-50,69,72H,3-4,9-10,15-16,21-22,27-28,31,34,37,40,45-46,51-68H2,1-2H3/b7-5-,8-6-,13-11-,14-12-,19-17-,20-18-,25-23-,26-24-,30-29-,33-32-,36-35-,39-38-,43-41-,44-42-,49-47-,50-48-. The van der Waals surface area contributed by atoms with Crippen molar-refractivity contribution < 1.29 is 24.2 Å². The lowest BCUT2D eigenvalue weighted by Crippen LogP contribution is -2.28. The van der Waals surface area contributed by atoms with E-state index in [9.17, 15) is 14.7 Å². The minimum absolute atomic E-state index is 0.0938. The SMILES string of the molecule is CC/C=C\C/C=C\C/C=C\C/C=C\C/C=C\C/C=C\C/C=C\C/C=C\C/C=C\C/C=C\CCCCCCCCC(=O)OC(CO)COC(=O)CCCCCCCC/C=C\C/C=C\C/C=C\C/C=C\C/C=C\C/C=C\CC. The fourth-order valence-corrected chi connectivity index (χ4v) is 7.47. The molecule has 5 heteroatoms. The number of aliphatic hydroxyl groups excluding tert-OH is 1. The van der Waals surface area contributed by atoms with Crippen molar-refractivity contribution in [2.24, 2.45) is 0 Å². The van der Waals surface area contributed by atoms with E-state index in [4.69, 9.17) is 9.47 Å². The molecule has 1 atom stereocenters. The molecule has 1 N–H and O–H groups in total. The first kappa shape index (κ1) is 70.7. The Hall–Kier alpha value is -5.26. The summed E-state index contributed by atoms with van der Waals surface area (Å²) in [4.78, 5) is 24.6. The van der Waals surface area contributed by atoms with Gasteiger partial charge in [-0.05, 0) is 141 Å². The number of hydrogen-bond donors (Lipinski definition) is 1. The van der Waals surface area contributed by atoms with E-state index in [1.165, 1.54) is 32.1 Å². The van der Waals surface area contributed by atoms with Gasteiger partial charge >= 0.3 is 11.9 Å². The van der Waals surface area contributed by atoms with Crippen LogP contribution < -0.4 is 0 Å².